The van der Waals surface area contributed by atoms with Crippen LogP contribution in [-0.4, -0.2) is 33.8 Å². The van der Waals surface area contributed by atoms with Crippen LogP contribution < -0.4 is 10.2 Å². The molecule has 0 spiro atoms. The molecule has 8 heteroatoms. The van der Waals surface area contributed by atoms with E-state index in [1.54, 1.807) is 28.2 Å². The number of anilines is 1. The Kier molecular flexibility index (Phi) is 5.76. The number of nitrogens with zero attached hydrogens (tertiary/aromatic N) is 4. The summed E-state index contributed by atoms with van der Waals surface area (Å²) in [6.45, 7) is 3.52. The van der Waals surface area contributed by atoms with Crippen molar-refractivity contribution in [2.75, 3.05) is 18.0 Å². The molecule has 2 aromatic carbocycles. The molecule has 1 aliphatic heterocycles. The van der Waals surface area contributed by atoms with Gasteiger partial charge in [0.2, 0.25) is 5.91 Å². The zero-order valence-corrected chi connectivity index (χ0v) is 20.5. The monoisotopic (exact) mass is 489 g/mol. The Labute approximate surface area is 207 Å². The quantitative estimate of drug-likeness (QED) is 0.420. The van der Waals surface area contributed by atoms with E-state index in [1.165, 1.54) is 23.3 Å². The summed E-state index contributed by atoms with van der Waals surface area (Å²) in [5.74, 6) is -0.187. The molecule has 6 nitrogen and oxygen atoms in total. The van der Waals surface area contributed by atoms with Crippen molar-refractivity contribution in [1.82, 2.24) is 20.1 Å². The van der Waals surface area contributed by atoms with Crippen LogP contribution in [0, 0.1) is 18.7 Å². The number of benzene rings is 2. The maximum absolute atomic E-state index is 13.4. The Bertz CT molecular complexity index is 1380. The third-order valence-electron chi connectivity index (χ3n) is 7.20. The number of halogens is 1. The molecule has 2 aliphatic rings. The van der Waals surface area contributed by atoms with Crippen molar-refractivity contribution in [2.24, 2.45) is 5.92 Å². The Morgan fingerprint density at radius 2 is 1.94 bits per heavy atom. The van der Waals surface area contributed by atoms with E-state index in [0.29, 0.717) is 6.54 Å². The fourth-order valence-electron chi connectivity index (χ4n) is 5.38. The van der Waals surface area contributed by atoms with Crippen molar-refractivity contribution in [3.63, 3.8) is 0 Å². The van der Waals surface area contributed by atoms with E-state index in [2.05, 4.69) is 39.6 Å². The van der Waals surface area contributed by atoms with Crippen molar-refractivity contribution < 1.29 is 9.18 Å². The molecule has 2 unspecified atom stereocenters. The number of fused-ring (bicyclic) bond motifs is 2. The largest absolute Gasteiger partial charge is 0.349 e. The summed E-state index contributed by atoms with van der Waals surface area (Å²) >= 11 is 1.61. The predicted molar refractivity (Wildman–Crippen MR) is 137 cm³/mol. The molecule has 6 rings (SSSR count). The summed E-state index contributed by atoms with van der Waals surface area (Å²) in [6, 6.07) is 14.9. The molecule has 35 heavy (non-hydrogen) atoms. The second-order valence-corrected chi connectivity index (χ2v) is 10.5. The minimum absolute atomic E-state index is 0.0560. The maximum Gasteiger partial charge on any atom is 0.225 e. The first-order valence-electron chi connectivity index (χ1n) is 12.3. The number of thiazole rings is 1. The zero-order valence-electron chi connectivity index (χ0n) is 19.7. The molecule has 0 saturated carbocycles. The number of amides is 1. The lowest BCUT2D eigenvalue weighted by molar-refractivity contribution is -0.126. The Balaban J connectivity index is 1.21. The van der Waals surface area contributed by atoms with Crippen LogP contribution in [0.4, 0.5) is 9.52 Å². The lowest BCUT2D eigenvalue weighted by Gasteiger charge is -2.33. The molecule has 2 atom stereocenters. The van der Waals surface area contributed by atoms with Gasteiger partial charge in [-0.1, -0.05) is 35.6 Å². The summed E-state index contributed by atoms with van der Waals surface area (Å²) in [6.07, 6.45) is 5.04. The Hall–Kier alpha value is -3.26. The highest BCUT2D eigenvalue weighted by Gasteiger charge is 2.31. The highest BCUT2D eigenvalue weighted by molar-refractivity contribution is 7.22. The summed E-state index contributed by atoms with van der Waals surface area (Å²) < 4.78 is 16.2. The SMILES string of the molecule is Cc1nn(-c2ccc(F)cc2)c2nc(N3CCCC(C(=O)NC4CCCc5ccccc54)C3)sc12. The lowest BCUT2D eigenvalue weighted by Crippen LogP contribution is -2.44. The van der Waals surface area contributed by atoms with Crippen LogP contribution in [0.1, 0.15) is 48.5 Å². The number of carbonyl (C=O) groups excluding carboxylic acids is 1. The first kappa shape index (κ1) is 22.2. The van der Waals surface area contributed by atoms with E-state index in [-0.39, 0.29) is 23.7 Å². The molecule has 1 amide bonds. The van der Waals surface area contributed by atoms with Gasteiger partial charge in [-0.2, -0.15) is 10.1 Å². The van der Waals surface area contributed by atoms with Gasteiger partial charge in [-0.15, -0.1) is 0 Å². The molecule has 1 aliphatic carbocycles. The fourth-order valence-corrected chi connectivity index (χ4v) is 6.40. The van der Waals surface area contributed by atoms with Gasteiger partial charge in [0.15, 0.2) is 10.8 Å². The van der Waals surface area contributed by atoms with Gasteiger partial charge < -0.3 is 10.2 Å². The third-order valence-corrected chi connectivity index (χ3v) is 8.41. The summed E-state index contributed by atoms with van der Waals surface area (Å²) in [5, 5.41) is 8.89. The van der Waals surface area contributed by atoms with Gasteiger partial charge in [-0.3, -0.25) is 4.79 Å². The smallest absolute Gasteiger partial charge is 0.225 e. The minimum atomic E-state index is -0.276. The molecule has 2 aromatic heterocycles. The number of nitrogens with one attached hydrogen (secondary N) is 1. The Morgan fingerprint density at radius 1 is 1.11 bits per heavy atom. The summed E-state index contributed by atoms with van der Waals surface area (Å²) in [7, 11) is 0. The van der Waals surface area contributed by atoms with Gasteiger partial charge in [-0.25, -0.2) is 9.07 Å². The zero-order chi connectivity index (χ0) is 23.9. The van der Waals surface area contributed by atoms with Crippen LogP contribution in [0.5, 0.6) is 0 Å². The standard InChI is InChI=1S/C27H28FN5OS/c1-17-24-25(33(31-17)21-13-11-20(28)12-14-21)30-27(35-24)32-15-5-8-19(16-32)26(34)29-23-10-4-7-18-6-2-3-9-22(18)23/h2-3,6,9,11-14,19,23H,4-5,7-8,10,15-16H2,1H3,(H,29,34). The molecule has 1 saturated heterocycles. The Morgan fingerprint density at radius 3 is 2.80 bits per heavy atom. The van der Waals surface area contributed by atoms with Crippen molar-refractivity contribution in [3.05, 3.63) is 71.2 Å². The lowest BCUT2D eigenvalue weighted by atomic mass is 9.87. The number of carbonyl (C=O) groups is 1. The maximum atomic E-state index is 13.4. The molecule has 1 N–H and O–H groups in total. The average Bonchev–Trinajstić information content (AvgIpc) is 3.45. The van der Waals surface area contributed by atoms with Crippen LogP contribution >= 0.6 is 11.3 Å². The van der Waals surface area contributed by atoms with Crippen molar-refractivity contribution in [3.8, 4) is 5.69 Å². The molecular weight excluding hydrogens is 461 g/mol. The van der Waals surface area contributed by atoms with E-state index in [4.69, 9.17) is 4.98 Å². The van der Waals surface area contributed by atoms with Gasteiger partial charge in [0.05, 0.1) is 28.0 Å². The second-order valence-electron chi connectivity index (χ2n) is 9.56. The van der Waals surface area contributed by atoms with E-state index in [0.717, 1.165) is 65.5 Å². The van der Waals surface area contributed by atoms with E-state index >= 15 is 0 Å². The van der Waals surface area contributed by atoms with Gasteiger partial charge >= 0.3 is 0 Å². The number of rotatable bonds is 4. The van der Waals surface area contributed by atoms with Gasteiger partial charge in [0.25, 0.3) is 0 Å². The highest BCUT2D eigenvalue weighted by atomic mass is 32.1. The van der Waals surface area contributed by atoms with Crippen LogP contribution in [0.2, 0.25) is 0 Å². The predicted octanol–water partition coefficient (Wildman–Crippen LogP) is 5.34. The van der Waals surface area contributed by atoms with Crippen molar-refractivity contribution >= 4 is 32.7 Å². The van der Waals surface area contributed by atoms with Gasteiger partial charge in [-0.05, 0) is 74.4 Å². The molecule has 4 aromatic rings. The molecule has 0 bridgehead atoms. The number of aromatic nitrogens is 3. The van der Waals surface area contributed by atoms with Crippen LogP contribution in [0.15, 0.2) is 48.5 Å². The summed E-state index contributed by atoms with van der Waals surface area (Å²) in [4.78, 5) is 20.4. The van der Waals surface area contributed by atoms with Gasteiger partial charge in [0, 0.05) is 13.1 Å². The number of hydrogen-bond acceptors (Lipinski definition) is 5. The van der Waals surface area contributed by atoms with E-state index in [1.807, 2.05) is 6.92 Å². The molecular formula is C27H28FN5OS. The normalized spacial score (nSPS) is 20.1. The second kappa shape index (κ2) is 9.07. The van der Waals surface area contributed by atoms with Crippen LogP contribution in [-0.2, 0) is 11.2 Å². The van der Waals surface area contributed by atoms with E-state index < -0.39 is 0 Å². The number of piperidine rings is 1. The fraction of sp³-hybridized carbons (Fsp3) is 0.370. The number of hydrogen-bond donors (Lipinski definition) is 1. The van der Waals surface area contributed by atoms with Crippen LogP contribution in [0.25, 0.3) is 16.0 Å². The third kappa shape index (κ3) is 4.20. The van der Waals surface area contributed by atoms with Gasteiger partial charge in [0.1, 0.15) is 5.82 Å². The molecule has 3 heterocycles. The first-order chi connectivity index (χ1) is 17.1. The highest BCUT2D eigenvalue weighted by Crippen LogP contribution is 2.35. The average molecular weight is 490 g/mol. The minimum Gasteiger partial charge on any atom is -0.349 e. The van der Waals surface area contributed by atoms with Crippen molar-refractivity contribution in [1.29, 1.82) is 0 Å². The first-order valence-corrected chi connectivity index (χ1v) is 13.1. The summed E-state index contributed by atoms with van der Waals surface area (Å²) in [5.41, 5.74) is 5.08. The van der Waals surface area contributed by atoms with Crippen LogP contribution in [0.3, 0.4) is 0 Å². The number of aryl methyl sites for hydroxylation is 2. The topological polar surface area (TPSA) is 63.1 Å². The molecule has 180 valence electrons. The van der Waals surface area contributed by atoms with E-state index in [9.17, 15) is 9.18 Å². The van der Waals surface area contributed by atoms with Crippen molar-refractivity contribution in [2.45, 2.75) is 45.1 Å². The molecule has 0 radical (unpaired) electrons. The molecule has 1 fully saturated rings.